The summed E-state index contributed by atoms with van der Waals surface area (Å²) in [6.45, 7) is 4.68. The highest BCUT2D eigenvalue weighted by atomic mass is 14.4. The molecule has 1 heteroatoms. The van der Waals surface area contributed by atoms with Crippen LogP contribution in [0.1, 0.15) is 30.5 Å². The average molecular weight is 472 g/mol. The van der Waals surface area contributed by atoms with Gasteiger partial charge in [0.2, 0.25) is 0 Å². The smallest absolute Gasteiger partial charge is 0.0991 e. The summed E-state index contributed by atoms with van der Waals surface area (Å²) in [4.78, 5) is 0. The van der Waals surface area contributed by atoms with Crippen LogP contribution < -0.4 is 0 Å². The molecule has 37 heavy (non-hydrogen) atoms. The molecule has 0 fully saturated rings. The van der Waals surface area contributed by atoms with E-state index in [-0.39, 0.29) is 5.41 Å². The highest BCUT2D eigenvalue weighted by molar-refractivity contribution is 6.21. The molecule has 0 atom stereocenters. The average Bonchev–Trinajstić information content (AvgIpc) is 3.18. The van der Waals surface area contributed by atoms with E-state index in [1.165, 1.54) is 60.5 Å². The zero-order valence-electron chi connectivity index (χ0n) is 20.9. The van der Waals surface area contributed by atoms with Crippen LogP contribution in [0.3, 0.4) is 0 Å². The van der Waals surface area contributed by atoms with Crippen molar-refractivity contribution in [3.05, 3.63) is 132 Å². The van der Waals surface area contributed by atoms with Gasteiger partial charge in [-0.05, 0) is 84.3 Å². The van der Waals surface area contributed by atoms with E-state index in [4.69, 9.17) is 0 Å². The molecule has 0 aliphatic heterocycles. The minimum Gasteiger partial charge on any atom is -0.192 e. The predicted octanol–water partition coefficient (Wildman–Crippen LogP) is 9.50. The molecular weight excluding hydrogens is 446 g/mol. The first-order chi connectivity index (χ1) is 18.1. The maximum absolute atomic E-state index is 9.32. The summed E-state index contributed by atoms with van der Waals surface area (Å²) in [6, 6.07) is 43.5. The largest absolute Gasteiger partial charge is 0.192 e. The van der Waals surface area contributed by atoms with Crippen LogP contribution in [0.15, 0.2) is 115 Å². The summed E-state index contributed by atoms with van der Waals surface area (Å²) in [5, 5.41) is 14.3. The lowest BCUT2D eigenvalue weighted by molar-refractivity contribution is 0.660. The predicted molar refractivity (Wildman–Crippen MR) is 155 cm³/mol. The Morgan fingerprint density at radius 2 is 1.00 bits per heavy atom. The number of benzene rings is 6. The van der Waals surface area contributed by atoms with Gasteiger partial charge in [-0.25, -0.2) is 0 Å². The summed E-state index contributed by atoms with van der Waals surface area (Å²) >= 11 is 0. The normalized spacial score (nSPS) is 13.3. The molecule has 0 unspecified atom stereocenters. The molecule has 0 heterocycles. The Bertz CT molecular complexity index is 1840. The molecule has 174 valence electrons. The molecule has 0 spiro atoms. The summed E-state index contributed by atoms with van der Waals surface area (Å²) in [5.41, 5.74) is 11.0. The number of hydrogen-bond acceptors (Lipinski definition) is 1. The van der Waals surface area contributed by atoms with Gasteiger partial charge in [-0.3, -0.25) is 0 Å². The summed E-state index contributed by atoms with van der Waals surface area (Å²) in [5.74, 6) is 0. The molecule has 7 rings (SSSR count). The van der Waals surface area contributed by atoms with Gasteiger partial charge >= 0.3 is 0 Å². The highest BCUT2D eigenvalue weighted by Gasteiger charge is 2.35. The summed E-state index contributed by atoms with van der Waals surface area (Å²) in [7, 11) is 0. The van der Waals surface area contributed by atoms with Crippen molar-refractivity contribution in [1.29, 1.82) is 5.26 Å². The van der Waals surface area contributed by atoms with E-state index in [2.05, 4.69) is 123 Å². The van der Waals surface area contributed by atoms with Gasteiger partial charge in [-0.2, -0.15) is 5.26 Å². The first-order valence-electron chi connectivity index (χ1n) is 12.8. The fourth-order valence-corrected chi connectivity index (χ4v) is 6.32. The van der Waals surface area contributed by atoms with E-state index in [1.54, 1.807) is 0 Å². The molecule has 0 amide bonds. The van der Waals surface area contributed by atoms with Crippen LogP contribution in [-0.2, 0) is 5.41 Å². The monoisotopic (exact) mass is 471 g/mol. The van der Waals surface area contributed by atoms with Crippen molar-refractivity contribution in [3.8, 4) is 39.4 Å². The van der Waals surface area contributed by atoms with Crippen molar-refractivity contribution in [2.24, 2.45) is 0 Å². The van der Waals surface area contributed by atoms with Crippen LogP contribution in [0.4, 0.5) is 0 Å². The minimum absolute atomic E-state index is 0.0457. The molecule has 0 N–H and O–H groups in total. The maximum atomic E-state index is 9.32. The van der Waals surface area contributed by atoms with Gasteiger partial charge in [0.1, 0.15) is 0 Å². The third kappa shape index (κ3) is 3.09. The van der Waals surface area contributed by atoms with Crippen LogP contribution >= 0.6 is 0 Å². The van der Waals surface area contributed by atoms with Gasteiger partial charge < -0.3 is 0 Å². The molecular formula is C36H25N. The summed E-state index contributed by atoms with van der Waals surface area (Å²) < 4.78 is 0. The van der Waals surface area contributed by atoms with Gasteiger partial charge in [0.25, 0.3) is 0 Å². The van der Waals surface area contributed by atoms with Crippen molar-refractivity contribution in [3.63, 3.8) is 0 Å². The number of rotatable bonds is 2. The van der Waals surface area contributed by atoms with Gasteiger partial charge in [-0.1, -0.05) is 111 Å². The molecule has 0 bridgehead atoms. The second-order valence-electron chi connectivity index (χ2n) is 10.5. The fourth-order valence-electron chi connectivity index (χ4n) is 6.32. The molecule has 0 saturated carbocycles. The van der Waals surface area contributed by atoms with Gasteiger partial charge in [0.05, 0.1) is 11.6 Å². The van der Waals surface area contributed by atoms with Gasteiger partial charge in [-0.15, -0.1) is 0 Å². The number of nitriles is 1. The van der Waals surface area contributed by atoms with E-state index in [0.29, 0.717) is 5.56 Å². The molecule has 0 radical (unpaired) electrons. The Labute approximate surface area is 217 Å². The van der Waals surface area contributed by atoms with E-state index in [9.17, 15) is 5.26 Å². The van der Waals surface area contributed by atoms with Crippen LogP contribution in [0.5, 0.6) is 0 Å². The Hall–Kier alpha value is -4.67. The molecule has 6 aromatic rings. The van der Waals surface area contributed by atoms with Gasteiger partial charge in [0, 0.05) is 5.41 Å². The second-order valence-corrected chi connectivity index (χ2v) is 10.5. The lowest BCUT2D eigenvalue weighted by atomic mass is 9.80. The lowest BCUT2D eigenvalue weighted by Gasteiger charge is -2.23. The molecule has 0 saturated heterocycles. The highest BCUT2D eigenvalue weighted by Crippen LogP contribution is 2.51. The number of hydrogen-bond donors (Lipinski definition) is 0. The number of nitrogens with zero attached hydrogens (tertiary/aromatic N) is 1. The van der Waals surface area contributed by atoms with E-state index < -0.39 is 0 Å². The van der Waals surface area contributed by atoms with Crippen LogP contribution in [0.2, 0.25) is 0 Å². The Morgan fingerprint density at radius 1 is 0.514 bits per heavy atom. The second kappa shape index (κ2) is 7.92. The van der Waals surface area contributed by atoms with Crippen molar-refractivity contribution in [1.82, 2.24) is 0 Å². The molecule has 0 aromatic heterocycles. The third-order valence-electron chi connectivity index (χ3n) is 8.11. The van der Waals surface area contributed by atoms with Crippen LogP contribution in [-0.4, -0.2) is 0 Å². The molecule has 6 aromatic carbocycles. The fraction of sp³-hybridized carbons (Fsp3) is 0.0833. The van der Waals surface area contributed by atoms with Gasteiger partial charge in [0.15, 0.2) is 0 Å². The first-order valence-corrected chi connectivity index (χ1v) is 12.8. The molecule has 1 aliphatic rings. The van der Waals surface area contributed by atoms with E-state index >= 15 is 0 Å². The topological polar surface area (TPSA) is 23.8 Å². The SMILES string of the molecule is CC1(C)c2ccccc2-c2ccc(-c3c4ccccc4c(-c4ccc(C#N)cc4)c4ccccc34)cc21. The Balaban J connectivity index is 1.55. The molecule has 1 aliphatic carbocycles. The number of fused-ring (bicyclic) bond motifs is 5. The standard InChI is InChI=1S/C36H25N/c1-36(2)32-14-8-7-9-26(32)27-20-19-25(21-33(27)36)35-30-12-5-3-10-28(30)34(29-11-4-6-13-31(29)35)24-17-15-23(22-37)16-18-24/h3-21H,1-2H3. The van der Waals surface area contributed by atoms with Crippen LogP contribution in [0, 0.1) is 11.3 Å². The maximum Gasteiger partial charge on any atom is 0.0991 e. The summed E-state index contributed by atoms with van der Waals surface area (Å²) in [6.07, 6.45) is 0. The van der Waals surface area contributed by atoms with Crippen molar-refractivity contribution in [2.45, 2.75) is 19.3 Å². The third-order valence-corrected chi connectivity index (χ3v) is 8.11. The lowest BCUT2D eigenvalue weighted by Crippen LogP contribution is -2.14. The molecule has 1 nitrogen and oxygen atoms in total. The zero-order valence-corrected chi connectivity index (χ0v) is 20.9. The van der Waals surface area contributed by atoms with Crippen LogP contribution in [0.25, 0.3) is 54.9 Å². The zero-order chi connectivity index (χ0) is 25.1. The Kier molecular flexibility index (Phi) is 4.62. The minimum atomic E-state index is -0.0457. The van der Waals surface area contributed by atoms with Crippen molar-refractivity contribution in [2.75, 3.05) is 0 Å². The van der Waals surface area contributed by atoms with Crippen molar-refractivity contribution < 1.29 is 0 Å². The first kappa shape index (κ1) is 21.6. The van der Waals surface area contributed by atoms with Crippen molar-refractivity contribution >= 4 is 21.5 Å². The van der Waals surface area contributed by atoms with E-state index in [1.807, 2.05) is 12.1 Å². The Morgan fingerprint density at radius 3 is 1.59 bits per heavy atom. The quantitative estimate of drug-likeness (QED) is 0.231. The van der Waals surface area contributed by atoms with E-state index in [0.717, 1.165) is 5.56 Å².